The van der Waals surface area contributed by atoms with Crippen molar-refractivity contribution < 1.29 is 26.2 Å². The molecule has 0 atom stereocenters. The molecule has 34 valence electrons. The van der Waals surface area contributed by atoms with Gasteiger partial charge in [-0.25, -0.2) is 0 Å². The first-order valence-corrected chi connectivity index (χ1v) is 1.91. The fraction of sp³-hybridized carbons (Fsp3) is 0. The van der Waals surface area contributed by atoms with Crippen molar-refractivity contribution in [3.63, 3.8) is 0 Å². The molecule has 0 spiro atoms. The largest absolute Gasteiger partial charge is 0.184 e. The molecule has 0 aliphatic heterocycles. The first-order valence-electron chi connectivity index (χ1n) is 1.91. The third kappa shape index (κ3) is 2.76. The van der Waals surface area contributed by atoms with E-state index in [1.165, 1.54) is 0 Å². The summed E-state index contributed by atoms with van der Waals surface area (Å²) in [7, 11) is 0. The Kier molecular flexibility index (Phi) is 4.33. The maximum atomic E-state index is 2.89. The summed E-state index contributed by atoms with van der Waals surface area (Å²) in [6, 6.07) is 12.5. The van der Waals surface area contributed by atoms with Crippen LogP contribution in [0.15, 0.2) is 30.3 Å². The Labute approximate surface area is 62.7 Å². The molecule has 0 N–H and O–H groups in total. The molecule has 0 aromatic heterocycles. The molecule has 0 unspecified atom stereocenters. The van der Waals surface area contributed by atoms with Crippen LogP contribution in [0.1, 0.15) is 0 Å². The molecule has 0 saturated carbocycles. The van der Waals surface area contributed by atoms with Gasteiger partial charge in [0.25, 0.3) is 0 Å². The van der Waals surface area contributed by atoms with Crippen molar-refractivity contribution in [1.29, 1.82) is 0 Å². The van der Waals surface area contributed by atoms with Crippen LogP contribution in [0.2, 0.25) is 0 Å². The molecule has 0 amide bonds. The van der Waals surface area contributed by atoms with Gasteiger partial charge in [0.15, 0.2) is 0 Å². The summed E-state index contributed by atoms with van der Waals surface area (Å²) >= 11 is 0. The summed E-state index contributed by atoms with van der Waals surface area (Å²) in [6.07, 6.45) is 0. The van der Waals surface area contributed by atoms with Crippen LogP contribution in [0.4, 0.5) is 0 Å². The molecule has 0 fully saturated rings. The van der Waals surface area contributed by atoms with E-state index in [2.05, 4.69) is 6.07 Å². The van der Waals surface area contributed by atoms with Crippen molar-refractivity contribution >= 4 is 0 Å². The van der Waals surface area contributed by atoms with Gasteiger partial charge in [-0.05, 0) is 0 Å². The van der Waals surface area contributed by atoms with E-state index in [1.807, 2.05) is 30.3 Å². The zero-order chi connectivity index (χ0) is 4.24. The molecule has 1 rings (SSSR count). The summed E-state index contributed by atoms with van der Waals surface area (Å²) in [5.74, 6) is 0. The van der Waals surface area contributed by atoms with Gasteiger partial charge in [-0.15, -0.1) is 0 Å². The minimum Gasteiger partial charge on any atom is -0.184 e. The number of hydrogen-bond acceptors (Lipinski definition) is 0. The first-order chi connectivity index (χ1) is 3.00. The van der Waals surface area contributed by atoms with Gasteiger partial charge in [0.2, 0.25) is 0 Å². The Hall–Kier alpha value is 0.103. The average molecular weight is 168 g/mol. The van der Waals surface area contributed by atoms with Crippen LogP contribution in [0, 0.1) is 6.07 Å². The predicted octanol–water partition coefficient (Wildman–Crippen LogP) is 1.48. The van der Waals surface area contributed by atoms with E-state index < -0.39 is 0 Å². The second kappa shape index (κ2) is 4.27. The Bertz CT molecular complexity index is 76.1. The average Bonchev–Trinajstić information content (AvgIpc) is 1.72. The monoisotopic (exact) mass is 167 g/mol. The molecule has 7 heavy (non-hydrogen) atoms. The van der Waals surface area contributed by atoms with E-state index in [9.17, 15) is 0 Å². The van der Waals surface area contributed by atoms with Crippen LogP contribution in [0.3, 0.4) is 0 Å². The standard InChI is InChI=1S/C6H5.Zr/c1-2-4-6-5-3-1;/h1-5H;/q-1;. The fourth-order valence-electron chi connectivity index (χ4n) is 0.342. The maximum Gasteiger partial charge on any atom is 0 e. The molecule has 0 aliphatic rings. The van der Waals surface area contributed by atoms with Crippen LogP contribution in [0.5, 0.6) is 0 Å². The summed E-state index contributed by atoms with van der Waals surface area (Å²) in [4.78, 5) is 0. The second-order valence-corrected chi connectivity index (χ2v) is 1.08. The van der Waals surface area contributed by atoms with Crippen molar-refractivity contribution in [3.05, 3.63) is 36.4 Å². The van der Waals surface area contributed by atoms with E-state index >= 15 is 0 Å². The van der Waals surface area contributed by atoms with E-state index in [4.69, 9.17) is 0 Å². The number of hydrogen-bond donors (Lipinski definition) is 0. The summed E-state index contributed by atoms with van der Waals surface area (Å²) in [5, 5.41) is 0. The molecule has 0 saturated heterocycles. The SMILES string of the molecule is [Zr].[c-]1ccccc1. The van der Waals surface area contributed by atoms with Crippen LogP contribution in [-0.2, 0) is 26.2 Å². The molecule has 1 aromatic carbocycles. The molecule has 0 nitrogen and oxygen atoms in total. The molecule has 0 aliphatic carbocycles. The fourth-order valence-corrected chi connectivity index (χ4v) is 0.342. The molecule has 0 radical (unpaired) electrons. The topological polar surface area (TPSA) is 0 Å². The van der Waals surface area contributed by atoms with Crippen LogP contribution < -0.4 is 0 Å². The first kappa shape index (κ1) is 7.10. The normalized spacial score (nSPS) is 6.86. The molecule has 1 heteroatoms. The Morgan fingerprint density at radius 3 is 1.57 bits per heavy atom. The maximum absolute atomic E-state index is 2.89. The number of benzene rings is 1. The third-order valence-electron chi connectivity index (χ3n) is 0.607. The van der Waals surface area contributed by atoms with Crippen LogP contribution in [-0.4, -0.2) is 0 Å². The Balaban J connectivity index is 0.000000360. The Morgan fingerprint density at radius 2 is 1.43 bits per heavy atom. The molecule has 1 aromatic rings. The summed E-state index contributed by atoms with van der Waals surface area (Å²) in [6.45, 7) is 0. The minimum atomic E-state index is 0. The van der Waals surface area contributed by atoms with Gasteiger partial charge in [0.05, 0.1) is 0 Å². The molecular weight excluding hydrogens is 163 g/mol. The Morgan fingerprint density at radius 1 is 0.857 bits per heavy atom. The molecular formula is C6H5Zr-. The van der Waals surface area contributed by atoms with Gasteiger partial charge in [0, 0.05) is 26.2 Å². The molecule has 0 heterocycles. The zero-order valence-electron chi connectivity index (χ0n) is 3.89. The van der Waals surface area contributed by atoms with Crippen molar-refractivity contribution in [3.8, 4) is 0 Å². The van der Waals surface area contributed by atoms with Crippen molar-refractivity contribution in [1.82, 2.24) is 0 Å². The summed E-state index contributed by atoms with van der Waals surface area (Å²) < 4.78 is 0. The van der Waals surface area contributed by atoms with Gasteiger partial charge in [-0.3, -0.25) is 0 Å². The van der Waals surface area contributed by atoms with Gasteiger partial charge < -0.3 is 0 Å². The van der Waals surface area contributed by atoms with E-state index in [0.29, 0.717) is 0 Å². The van der Waals surface area contributed by atoms with Crippen LogP contribution >= 0.6 is 0 Å². The van der Waals surface area contributed by atoms with Crippen molar-refractivity contribution in [2.75, 3.05) is 0 Å². The van der Waals surface area contributed by atoms with E-state index in [1.54, 1.807) is 0 Å². The van der Waals surface area contributed by atoms with Crippen LogP contribution in [0.25, 0.3) is 0 Å². The van der Waals surface area contributed by atoms with Gasteiger partial charge in [0.1, 0.15) is 0 Å². The smallest absolute Gasteiger partial charge is 0 e. The third-order valence-corrected chi connectivity index (χ3v) is 0.607. The minimum absolute atomic E-state index is 0. The van der Waals surface area contributed by atoms with Gasteiger partial charge in [-0.2, -0.15) is 36.4 Å². The predicted molar refractivity (Wildman–Crippen MR) is 25.3 cm³/mol. The van der Waals surface area contributed by atoms with Gasteiger partial charge in [-0.1, -0.05) is 0 Å². The van der Waals surface area contributed by atoms with Gasteiger partial charge >= 0.3 is 0 Å². The quantitative estimate of drug-likeness (QED) is 0.515. The van der Waals surface area contributed by atoms with E-state index in [-0.39, 0.29) is 26.2 Å². The van der Waals surface area contributed by atoms with Crippen molar-refractivity contribution in [2.45, 2.75) is 0 Å². The summed E-state index contributed by atoms with van der Waals surface area (Å²) in [5.41, 5.74) is 0. The molecule has 0 bridgehead atoms. The van der Waals surface area contributed by atoms with Crippen molar-refractivity contribution in [2.24, 2.45) is 0 Å². The second-order valence-electron chi connectivity index (χ2n) is 1.08. The number of rotatable bonds is 0. The van der Waals surface area contributed by atoms with E-state index in [0.717, 1.165) is 0 Å². The zero-order valence-corrected chi connectivity index (χ0v) is 6.34.